The average Bonchev–Trinajstić information content (AvgIpc) is 3.17. The summed E-state index contributed by atoms with van der Waals surface area (Å²) in [5, 5.41) is 0. The van der Waals surface area contributed by atoms with Gasteiger partial charge in [0, 0.05) is 68.7 Å². The van der Waals surface area contributed by atoms with Gasteiger partial charge in [-0.1, -0.05) is 90.1 Å². The van der Waals surface area contributed by atoms with Crippen molar-refractivity contribution in [2.75, 3.05) is 0 Å². The summed E-state index contributed by atoms with van der Waals surface area (Å²) in [6, 6.07) is 48.1. The van der Waals surface area contributed by atoms with Crippen LogP contribution in [-0.2, 0) is 0 Å². The molecule has 0 aliphatic rings. The molecule has 0 radical (unpaired) electrons. The molecule has 3 nitrogen and oxygen atoms in total. The lowest BCUT2D eigenvalue weighted by Gasteiger charge is -2.01. The van der Waals surface area contributed by atoms with Gasteiger partial charge in [-0.25, -0.2) is 0 Å². The summed E-state index contributed by atoms with van der Waals surface area (Å²) >= 11 is 0. The molecule has 0 aliphatic heterocycles. The van der Waals surface area contributed by atoms with Crippen LogP contribution in [0.2, 0.25) is 0 Å². The Morgan fingerprint density at radius 2 is 0.542 bits per heavy atom. The number of hydrogen-bond acceptors (Lipinski definition) is 3. The first kappa shape index (κ1) is 29.7. The van der Waals surface area contributed by atoms with Gasteiger partial charge in [-0.2, -0.15) is 0 Å². The Balaban J connectivity index is 1.17. The van der Waals surface area contributed by atoms with Crippen molar-refractivity contribution in [1.82, 2.24) is 15.0 Å². The molecule has 3 aromatic heterocycles. The predicted octanol–water partition coefficient (Wildman–Crippen LogP) is 9.07. The second-order valence-electron chi connectivity index (χ2n) is 10.9. The average molecular weight is 610 g/mol. The van der Waals surface area contributed by atoms with E-state index in [1.54, 1.807) is 18.6 Å². The molecule has 7 aromatic rings. The van der Waals surface area contributed by atoms with Crippen LogP contribution in [0, 0.1) is 35.5 Å². The Kier molecular flexibility index (Phi) is 8.92. The van der Waals surface area contributed by atoms with E-state index in [2.05, 4.69) is 50.5 Å². The highest BCUT2D eigenvalue weighted by atomic mass is 14.7. The molecule has 4 aromatic carbocycles. The highest BCUT2D eigenvalue weighted by Crippen LogP contribution is 2.19. The molecule has 222 valence electrons. The zero-order chi connectivity index (χ0) is 32.4. The van der Waals surface area contributed by atoms with Gasteiger partial charge in [-0.3, -0.25) is 15.0 Å². The molecule has 3 heteroatoms. The fourth-order valence-electron chi connectivity index (χ4n) is 5.05. The minimum Gasteiger partial charge on any atom is -0.256 e. The van der Waals surface area contributed by atoms with Gasteiger partial charge >= 0.3 is 0 Å². The highest BCUT2D eigenvalue weighted by Gasteiger charge is 2.01. The summed E-state index contributed by atoms with van der Waals surface area (Å²) in [6.07, 6.45) is 5.40. The van der Waals surface area contributed by atoms with E-state index < -0.39 is 0 Å². The Morgan fingerprint density at radius 1 is 0.271 bits per heavy atom. The standard InChI is InChI=1S/C45H27N3/c1-4-28-46-43(7-1)40-22-16-34(17-23-40)10-13-37-31-38(14-11-35-18-24-41(25-19-35)44-8-2-5-29-47-44)33-39(32-37)15-12-36-20-26-42(27-21-36)45-9-3-6-30-48-45/h1-9,16-33H. The fraction of sp³-hybridized carbons (Fsp3) is 0. The number of rotatable bonds is 3. The summed E-state index contributed by atoms with van der Waals surface area (Å²) in [5.74, 6) is 19.9. The molecule has 0 N–H and O–H groups in total. The van der Waals surface area contributed by atoms with Gasteiger partial charge in [0.2, 0.25) is 0 Å². The highest BCUT2D eigenvalue weighted by molar-refractivity contribution is 5.63. The SMILES string of the molecule is C(#Cc1cc(C#Cc2ccc(-c3ccccn3)cc2)cc(C#Cc2ccc(-c3ccccn3)cc2)c1)c1ccc(-c2ccccn2)cc1. The summed E-state index contributed by atoms with van der Waals surface area (Å²) < 4.78 is 0. The van der Waals surface area contributed by atoms with Gasteiger partial charge in [-0.15, -0.1) is 0 Å². The van der Waals surface area contributed by atoms with Crippen LogP contribution in [0.15, 0.2) is 164 Å². The molecule has 0 atom stereocenters. The zero-order valence-corrected chi connectivity index (χ0v) is 25.9. The molecule has 0 unspecified atom stereocenters. The van der Waals surface area contributed by atoms with Crippen LogP contribution in [0.1, 0.15) is 33.4 Å². The van der Waals surface area contributed by atoms with Crippen LogP contribution in [0.5, 0.6) is 0 Å². The molecule has 3 heterocycles. The first-order valence-electron chi connectivity index (χ1n) is 15.5. The van der Waals surface area contributed by atoms with Gasteiger partial charge in [0.1, 0.15) is 0 Å². The summed E-state index contributed by atoms with van der Waals surface area (Å²) in [6.45, 7) is 0. The van der Waals surface area contributed by atoms with Gasteiger partial charge in [0.05, 0.1) is 17.1 Å². The minimum atomic E-state index is 0.843. The molecule has 7 rings (SSSR count). The van der Waals surface area contributed by atoms with Crippen molar-refractivity contribution in [2.45, 2.75) is 0 Å². The van der Waals surface area contributed by atoms with Gasteiger partial charge in [-0.05, 0) is 91.0 Å². The number of hydrogen-bond donors (Lipinski definition) is 0. The zero-order valence-electron chi connectivity index (χ0n) is 25.9. The summed E-state index contributed by atoms with van der Waals surface area (Å²) in [7, 11) is 0. The molecular weight excluding hydrogens is 583 g/mol. The van der Waals surface area contributed by atoms with Gasteiger partial charge in [0.15, 0.2) is 0 Å². The molecule has 48 heavy (non-hydrogen) atoms. The lowest BCUT2D eigenvalue weighted by Crippen LogP contribution is -1.86. The van der Waals surface area contributed by atoms with Crippen molar-refractivity contribution in [3.63, 3.8) is 0 Å². The van der Waals surface area contributed by atoms with E-state index in [9.17, 15) is 0 Å². The third-order valence-corrected chi connectivity index (χ3v) is 7.52. The van der Waals surface area contributed by atoms with E-state index in [0.29, 0.717) is 0 Å². The van der Waals surface area contributed by atoms with E-state index >= 15 is 0 Å². The van der Waals surface area contributed by atoms with E-state index in [0.717, 1.165) is 67.2 Å². The topological polar surface area (TPSA) is 38.7 Å². The third kappa shape index (κ3) is 7.62. The Morgan fingerprint density at radius 3 is 0.792 bits per heavy atom. The van der Waals surface area contributed by atoms with Gasteiger partial charge in [0.25, 0.3) is 0 Å². The molecule has 0 spiro atoms. The maximum atomic E-state index is 4.44. The van der Waals surface area contributed by atoms with E-state index in [1.165, 1.54) is 0 Å². The van der Waals surface area contributed by atoms with E-state index in [1.807, 2.05) is 146 Å². The molecule has 0 bridgehead atoms. The van der Waals surface area contributed by atoms with Crippen LogP contribution < -0.4 is 0 Å². The number of pyridine rings is 3. The lowest BCUT2D eigenvalue weighted by atomic mass is 10.0. The van der Waals surface area contributed by atoms with E-state index in [-0.39, 0.29) is 0 Å². The molecule has 0 amide bonds. The molecule has 0 saturated heterocycles. The van der Waals surface area contributed by atoms with Crippen LogP contribution >= 0.6 is 0 Å². The van der Waals surface area contributed by atoms with Crippen molar-refractivity contribution in [1.29, 1.82) is 0 Å². The lowest BCUT2D eigenvalue weighted by molar-refractivity contribution is 1.33. The molecule has 0 fully saturated rings. The normalized spacial score (nSPS) is 10.0. The smallest absolute Gasteiger partial charge is 0.0701 e. The first-order chi connectivity index (χ1) is 23.7. The minimum absolute atomic E-state index is 0.843. The van der Waals surface area contributed by atoms with E-state index in [4.69, 9.17) is 0 Å². The van der Waals surface area contributed by atoms with Crippen molar-refractivity contribution < 1.29 is 0 Å². The molecular formula is C45H27N3. The monoisotopic (exact) mass is 609 g/mol. The Hall–Kier alpha value is -6.99. The largest absolute Gasteiger partial charge is 0.256 e. The maximum absolute atomic E-state index is 4.44. The number of nitrogens with zero attached hydrogens (tertiary/aromatic N) is 3. The number of aromatic nitrogens is 3. The summed E-state index contributed by atoms with van der Waals surface area (Å²) in [4.78, 5) is 13.3. The van der Waals surface area contributed by atoms with Crippen LogP contribution in [0.25, 0.3) is 33.8 Å². The van der Waals surface area contributed by atoms with Crippen LogP contribution in [-0.4, -0.2) is 15.0 Å². The van der Waals surface area contributed by atoms with Crippen molar-refractivity contribution in [3.05, 3.63) is 198 Å². The van der Waals surface area contributed by atoms with Crippen LogP contribution in [0.3, 0.4) is 0 Å². The van der Waals surface area contributed by atoms with Crippen molar-refractivity contribution in [3.8, 4) is 69.3 Å². The van der Waals surface area contributed by atoms with Gasteiger partial charge < -0.3 is 0 Å². The molecule has 0 aliphatic carbocycles. The second kappa shape index (κ2) is 14.4. The molecule has 0 saturated carbocycles. The predicted molar refractivity (Wildman–Crippen MR) is 193 cm³/mol. The Bertz CT molecular complexity index is 2060. The quantitative estimate of drug-likeness (QED) is 0.188. The summed E-state index contributed by atoms with van der Waals surface area (Å²) in [5.41, 5.74) is 11.2. The van der Waals surface area contributed by atoms with Crippen molar-refractivity contribution in [2.24, 2.45) is 0 Å². The maximum Gasteiger partial charge on any atom is 0.0701 e. The third-order valence-electron chi connectivity index (χ3n) is 7.52. The van der Waals surface area contributed by atoms with Crippen molar-refractivity contribution >= 4 is 0 Å². The first-order valence-corrected chi connectivity index (χ1v) is 15.5. The fourth-order valence-corrected chi connectivity index (χ4v) is 5.05. The second-order valence-corrected chi connectivity index (χ2v) is 10.9. The van der Waals surface area contributed by atoms with Crippen LogP contribution in [0.4, 0.5) is 0 Å². The number of benzene rings is 4. The Labute approximate surface area is 281 Å².